The summed E-state index contributed by atoms with van der Waals surface area (Å²) >= 11 is 0. The van der Waals surface area contributed by atoms with Crippen LogP contribution in [0.15, 0.2) is 121 Å². The first-order valence-corrected chi connectivity index (χ1v) is 55.1. The van der Waals surface area contributed by atoms with Crippen molar-refractivity contribution in [1.29, 1.82) is 0 Å². The van der Waals surface area contributed by atoms with Gasteiger partial charge in [0.15, 0.2) is 0 Å². The lowest BCUT2D eigenvalue weighted by Gasteiger charge is -2.35. The summed E-state index contributed by atoms with van der Waals surface area (Å²) < 4.78 is 29.3. The van der Waals surface area contributed by atoms with Crippen LogP contribution < -0.4 is 18.9 Å². The van der Waals surface area contributed by atoms with Gasteiger partial charge in [0.2, 0.25) is 0 Å². The van der Waals surface area contributed by atoms with Crippen LogP contribution in [0.1, 0.15) is 405 Å². The molecule has 0 radical (unpaired) electrons. The van der Waals surface area contributed by atoms with Gasteiger partial charge in [-0.15, -0.1) is 0 Å². The third kappa shape index (κ3) is 17.5. The number of nitrogens with zero attached hydrogens (tertiary/aromatic N) is 2. The van der Waals surface area contributed by atoms with Crippen LogP contribution in [0.5, 0.6) is 23.0 Å². The van der Waals surface area contributed by atoms with Crippen molar-refractivity contribution in [3.63, 3.8) is 0 Å². The molecule has 0 spiro atoms. The minimum atomic E-state index is -0.212. The fourth-order valence-corrected chi connectivity index (χ4v) is 25.2. The zero-order chi connectivity index (χ0) is 93.5. The van der Waals surface area contributed by atoms with E-state index in [4.69, 9.17) is 18.9 Å². The summed E-state index contributed by atoms with van der Waals surface area (Å²) in [7, 11) is 0. The van der Waals surface area contributed by atoms with E-state index in [0.717, 1.165) is 281 Å². The third-order valence-electron chi connectivity index (χ3n) is 32.2. The average molecular weight is 1820 g/mol. The van der Waals surface area contributed by atoms with Gasteiger partial charge in [0.1, 0.15) is 23.0 Å². The molecular formula is C126H150N2O8. The van der Waals surface area contributed by atoms with E-state index in [1.54, 1.807) is 9.80 Å². The number of amides is 4. The molecular weight excluding hydrogens is 1670 g/mol. The van der Waals surface area contributed by atoms with Gasteiger partial charge in [0.25, 0.3) is 23.6 Å². The van der Waals surface area contributed by atoms with Crippen LogP contribution in [0, 0.1) is 0 Å². The Bertz CT molecular complexity index is 6320. The van der Waals surface area contributed by atoms with Gasteiger partial charge in [-0.1, -0.05) is 409 Å². The molecule has 0 N–H and O–H groups in total. The van der Waals surface area contributed by atoms with Crippen molar-refractivity contribution in [2.24, 2.45) is 0 Å². The maximum Gasteiger partial charge on any atom is 0.261 e. The molecule has 19 rings (SSSR count). The lowest BCUT2D eigenvalue weighted by atomic mass is 9.79. The summed E-state index contributed by atoms with van der Waals surface area (Å²) in [5, 5.41) is 35.6. The monoisotopic (exact) mass is 1820 g/mol. The lowest BCUT2D eigenvalue weighted by molar-refractivity contribution is 0.0501. The summed E-state index contributed by atoms with van der Waals surface area (Å²) in [6.07, 6.45) is 52.5. The van der Waals surface area contributed by atoms with Gasteiger partial charge in [-0.25, -0.2) is 0 Å². The molecule has 2 aliphatic rings. The number of hydrogen-bond acceptors (Lipinski definition) is 8. The number of fused-ring (bicyclic) bond motifs is 10. The molecule has 0 fully saturated rings. The summed E-state index contributed by atoms with van der Waals surface area (Å²) in [5.74, 6) is 2.07. The van der Waals surface area contributed by atoms with E-state index in [1.807, 2.05) is 0 Å². The Morgan fingerprint density at radius 2 is 0.331 bits per heavy atom. The summed E-state index contributed by atoms with van der Waals surface area (Å²) in [5.41, 5.74) is 2.27. The highest BCUT2D eigenvalue weighted by molar-refractivity contribution is 6.51. The number of imide groups is 2. The van der Waals surface area contributed by atoms with Gasteiger partial charge in [-0.2, -0.15) is 0 Å². The van der Waals surface area contributed by atoms with E-state index in [0.29, 0.717) is 71.7 Å². The zero-order valence-corrected chi connectivity index (χ0v) is 83.6. The molecule has 4 amide bonds. The van der Waals surface area contributed by atoms with Gasteiger partial charge in [0.05, 0.1) is 48.7 Å². The number of carbonyl (C=O) groups excluding carboxylic acids is 4. The molecule has 136 heavy (non-hydrogen) atoms. The maximum atomic E-state index is 16.1. The Balaban J connectivity index is 0.781. The number of unbranched alkanes of at least 4 members (excludes halogenated alkanes) is 36. The van der Waals surface area contributed by atoms with Crippen molar-refractivity contribution in [2.75, 3.05) is 26.4 Å². The molecule has 0 aromatic heterocycles. The van der Waals surface area contributed by atoms with Crippen LogP contribution in [-0.2, 0) is 0 Å². The van der Waals surface area contributed by atoms with E-state index >= 15 is 19.2 Å². The average Bonchev–Trinajstić information content (AvgIpc) is 0.669. The molecule has 0 atom stereocenters. The molecule has 2 aliphatic heterocycles. The molecule has 0 saturated carbocycles. The number of ether oxygens (including phenoxy) is 4. The highest BCUT2D eigenvalue weighted by atomic mass is 16.5. The number of hydrogen-bond donors (Lipinski definition) is 0. The first-order chi connectivity index (χ1) is 67.0. The largest absolute Gasteiger partial charge is 0.493 e. The van der Waals surface area contributed by atoms with Crippen molar-refractivity contribution in [3.05, 3.63) is 144 Å². The molecule has 0 saturated heterocycles. The summed E-state index contributed by atoms with van der Waals surface area (Å²) in [4.78, 5) is 67.8. The topological polar surface area (TPSA) is 112 Å². The molecule has 712 valence electrons. The van der Waals surface area contributed by atoms with E-state index in [1.165, 1.54) is 200 Å². The van der Waals surface area contributed by atoms with Crippen LogP contribution in [0.3, 0.4) is 0 Å². The van der Waals surface area contributed by atoms with Crippen LogP contribution in [0.2, 0.25) is 0 Å². The fraction of sp³-hybridized carbons (Fsp3) is 0.492. The van der Waals surface area contributed by atoms with E-state index < -0.39 is 0 Å². The number of rotatable bonds is 58. The normalized spacial score (nSPS) is 13.5. The standard InChI is InChI=1S/C126H150N2O8/c1-9-17-25-33-41-49-73-133-103-77-99-115-100(124(130)127(123(99)129)81(53-45-37-29-21-13-5)54-46-38-30-22-14-6)78-104(134-74-50-42-34-26-18-10-2)118-96-70-66-92-88-62-58-84-86-60-64-90-94-68-72-98-114-97(71-67-93(112(94)114)89-63-59-85(108(86)110(89)90)83-57-61-87(109(88)107(83)84)91-65-69-95(113(96)111(91)92)117(103)121(115)118)119-105(135-75-51-43-35-27-19-11-3)79-101-116-102(80-106(120(98)122(116)119)136-76-52-44-36-28-20-12-4)126(132)128(125(101)131)82(55-47-39-31-23-15-7)56-48-40-32-24-16-8/h57-72,77-82H,9-56,73-76H2,1-8H3. The van der Waals surface area contributed by atoms with Gasteiger partial charge in [0, 0.05) is 55.2 Å². The number of carbonyl (C=O) groups is 4. The molecule has 10 nitrogen and oxygen atoms in total. The Hall–Kier alpha value is -10.3. The highest BCUT2D eigenvalue weighted by Crippen LogP contribution is 2.59. The Kier molecular flexibility index (Phi) is 30.2. The van der Waals surface area contributed by atoms with Crippen molar-refractivity contribution in [3.8, 4) is 23.0 Å². The second-order valence-corrected chi connectivity index (χ2v) is 41.5. The minimum Gasteiger partial charge on any atom is -0.493 e. The van der Waals surface area contributed by atoms with Gasteiger partial charge in [-0.3, -0.25) is 29.0 Å². The SMILES string of the molecule is CCCCCCCCOc1cc2c3c(cc(OCCCCCCCC)c4c5ccc6c7ccc8c9ccc%10c%11ccc%12c%13c(OCCCCCCCC)cc%14c%15c(cc(OCCCCCCCC)c(c%16ccc(c%17ccc(c%18ccc(c%19ccc(c1c34)c5c%196)c7c%188)c9c%17%10)c%11c%16%12)c%15%13)C(=O)N(C(CCCCCCC)CCCCCCC)C%14=O)C(=O)N(C(CCCCCCC)CCCCCCC)C2=O. The number of benzene rings is 17. The van der Waals surface area contributed by atoms with E-state index in [-0.39, 0.29) is 35.7 Å². The molecule has 0 unspecified atom stereocenters. The van der Waals surface area contributed by atoms with Crippen molar-refractivity contribution >= 4 is 196 Å². The lowest BCUT2D eigenvalue weighted by Crippen LogP contribution is -2.47. The van der Waals surface area contributed by atoms with Crippen LogP contribution >= 0.6 is 0 Å². The molecule has 17 aromatic carbocycles. The van der Waals surface area contributed by atoms with Crippen LogP contribution in [0.25, 0.3) is 172 Å². The Labute approximate surface area is 807 Å². The highest BCUT2D eigenvalue weighted by Gasteiger charge is 2.43. The minimum absolute atomic E-state index is 0.192. The first kappa shape index (κ1) is 94.6. The first-order valence-electron chi connectivity index (χ1n) is 55.1. The smallest absolute Gasteiger partial charge is 0.261 e. The summed E-state index contributed by atoms with van der Waals surface area (Å²) in [6, 6.07) is 46.1. The van der Waals surface area contributed by atoms with E-state index in [2.05, 4.69) is 177 Å². The van der Waals surface area contributed by atoms with Gasteiger partial charge >= 0.3 is 0 Å². The van der Waals surface area contributed by atoms with Gasteiger partial charge in [-0.05, 0) is 205 Å². The Morgan fingerprint density at radius 3 is 0.515 bits per heavy atom. The summed E-state index contributed by atoms with van der Waals surface area (Å²) in [6.45, 7) is 20.2. The second kappa shape index (κ2) is 43.4. The van der Waals surface area contributed by atoms with Crippen LogP contribution in [0.4, 0.5) is 0 Å². The maximum absolute atomic E-state index is 16.1. The molecule has 2 heterocycles. The predicted molar refractivity (Wildman–Crippen MR) is 580 cm³/mol. The fourth-order valence-electron chi connectivity index (χ4n) is 25.2. The molecule has 10 heteroatoms. The molecule has 0 bridgehead atoms. The molecule has 17 aromatic rings. The quantitative estimate of drug-likeness (QED) is 0.0160. The molecule has 0 aliphatic carbocycles. The zero-order valence-electron chi connectivity index (χ0n) is 83.6. The van der Waals surface area contributed by atoms with Crippen molar-refractivity contribution < 1.29 is 38.1 Å². The van der Waals surface area contributed by atoms with Crippen molar-refractivity contribution in [1.82, 2.24) is 9.80 Å². The van der Waals surface area contributed by atoms with E-state index in [9.17, 15) is 0 Å². The second-order valence-electron chi connectivity index (χ2n) is 41.5. The van der Waals surface area contributed by atoms with Crippen LogP contribution in [-0.4, -0.2) is 71.9 Å². The van der Waals surface area contributed by atoms with Gasteiger partial charge < -0.3 is 18.9 Å². The Morgan fingerprint density at radius 1 is 0.176 bits per heavy atom. The predicted octanol–water partition coefficient (Wildman–Crippen LogP) is 37.7. The third-order valence-corrected chi connectivity index (χ3v) is 32.2. The van der Waals surface area contributed by atoms with Crippen molar-refractivity contribution in [2.45, 2.75) is 376 Å².